The van der Waals surface area contributed by atoms with E-state index in [2.05, 4.69) is 5.04 Å². The van der Waals surface area contributed by atoms with E-state index in [0.717, 1.165) is 19.3 Å². The average molecular weight is 206 g/mol. The van der Waals surface area contributed by atoms with Gasteiger partial charge in [-0.3, -0.25) is 0 Å². The van der Waals surface area contributed by atoms with Gasteiger partial charge in [-0.25, -0.2) is 9.78 Å². The molecule has 5 nitrogen and oxygen atoms in total. The first-order valence-corrected chi connectivity index (χ1v) is 5.03. The second-order valence-corrected chi connectivity index (χ2v) is 3.58. The lowest BCUT2D eigenvalue weighted by Crippen LogP contribution is -2.18. The van der Waals surface area contributed by atoms with Crippen LogP contribution in [-0.2, 0) is 14.8 Å². The Morgan fingerprint density at radius 3 is 2.79 bits per heavy atom. The summed E-state index contributed by atoms with van der Waals surface area (Å²) in [6.07, 6.45) is 2.65. The molecule has 0 aliphatic carbocycles. The first kappa shape index (κ1) is 11.9. The summed E-state index contributed by atoms with van der Waals surface area (Å²) >= 11 is 0. The standard InChI is InChI=1S/C9H18O5/c10-7-9(11)6-8-2-1-4-12-14-13-5-3-8/h8-11H,1-7H2. The van der Waals surface area contributed by atoms with Gasteiger partial charge in [0.15, 0.2) is 0 Å². The molecule has 1 aliphatic heterocycles. The van der Waals surface area contributed by atoms with Crippen molar-refractivity contribution in [3.05, 3.63) is 0 Å². The maximum Gasteiger partial charge on any atom is 0.0856 e. The van der Waals surface area contributed by atoms with Crippen LogP contribution in [0.25, 0.3) is 0 Å². The van der Waals surface area contributed by atoms with Gasteiger partial charge in [0.25, 0.3) is 0 Å². The predicted octanol–water partition coefficient (Wildman–Crippen LogP) is 0.410. The largest absolute Gasteiger partial charge is 0.394 e. The van der Waals surface area contributed by atoms with Crippen LogP contribution in [-0.4, -0.2) is 36.1 Å². The summed E-state index contributed by atoms with van der Waals surface area (Å²) in [5, 5.41) is 22.4. The second-order valence-electron chi connectivity index (χ2n) is 3.58. The second kappa shape index (κ2) is 7.14. The molecule has 0 amide bonds. The predicted molar refractivity (Wildman–Crippen MR) is 48.0 cm³/mol. The average Bonchev–Trinajstić information content (AvgIpc) is 2.31. The number of rotatable bonds is 3. The maximum atomic E-state index is 9.29. The van der Waals surface area contributed by atoms with Crippen LogP contribution < -0.4 is 0 Å². The van der Waals surface area contributed by atoms with Gasteiger partial charge in [0, 0.05) is 0 Å². The van der Waals surface area contributed by atoms with Crippen molar-refractivity contribution in [2.24, 2.45) is 5.92 Å². The van der Waals surface area contributed by atoms with Gasteiger partial charge in [0.2, 0.25) is 0 Å². The van der Waals surface area contributed by atoms with Crippen LogP contribution in [0.2, 0.25) is 0 Å². The monoisotopic (exact) mass is 206 g/mol. The van der Waals surface area contributed by atoms with E-state index in [9.17, 15) is 5.11 Å². The van der Waals surface area contributed by atoms with Crippen molar-refractivity contribution in [3.8, 4) is 0 Å². The van der Waals surface area contributed by atoms with Crippen LogP contribution in [0, 0.1) is 5.92 Å². The first-order valence-electron chi connectivity index (χ1n) is 5.03. The summed E-state index contributed by atoms with van der Waals surface area (Å²) in [6, 6.07) is 0. The van der Waals surface area contributed by atoms with E-state index >= 15 is 0 Å². The SMILES string of the molecule is OCC(O)CC1CCCOOOCC1. The van der Waals surface area contributed by atoms with Crippen molar-refractivity contribution in [3.63, 3.8) is 0 Å². The molecule has 0 aromatic rings. The summed E-state index contributed by atoms with van der Waals surface area (Å²) in [4.78, 5) is 9.43. The molecular formula is C9H18O5. The zero-order chi connectivity index (χ0) is 10.2. The quantitative estimate of drug-likeness (QED) is 0.654. The third-order valence-corrected chi connectivity index (χ3v) is 2.36. The van der Waals surface area contributed by atoms with E-state index in [1.165, 1.54) is 0 Å². The molecule has 0 radical (unpaired) electrons. The van der Waals surface area contributed by atoms with Gasteiger partial charge in [0.05, 0.1) is 25.9 Å². The van der Waals surface area contributed by atoms with E-state index in [1.54, 1.807) is 0 Å². The number of hydrogen-bond acceptors (Lipinski definition) is 5. The molecule has 0 saturated carbocycles. The number of aliphatic hydroxyl groups excluding tert-OH is 2. The summed E-state index contributed by atoms with van der Waals surface area (Å²) in [6.45, 7) is 0.791. The van der Waals surface area contributed by atoms with E-state index in [4.69, 9.17) is 14.9 Å². The fraction of sp³-hybridized carbons (Fsp3) is 1.00. The highest BCUT2D eigenvalue weighted by Crippen LogP contribution is 2.19. The van der Waals surface area contributed by atoms with E-state index in [1.807, 2.05) is 0 Å². The highest BCUT2D eigenvalue weighted by Gasteiger charge is 2.15. The normalized spacial score (nSPS) is 27.4. The van der Waals surface area contributed by atoms with Gasteiger partial charge < -0.3 is 10.2 Å². The van der Waals surface area contributed by atoms with Crippen LogP contribution in [0.5, 0.6) is 0 Å². The molecule has 1 fully saturated rings. The van der Waals surface area contributed by atoms with Gasteiger partial charge in [-0.2, -0.15) is 0 Å². The van der Waals surface area contributed by atoms with Gasteiger partial charge in [-0.05, 0) is 31.6 Å². The minimum absolute atomic E-state index is 0.176. The van der Waals surface area contributed by atoms with Gasteiger partial charge in [-0.15, -0.1) is 0 Å². The van der Waals surface area contributed by atoms with Crippen molar-refractivity contribution >= 4 is 0 Å². The van der Waals surface area contributed by atoms with E-state index < -0.39 is 6.10 Å². The zero-order valence-corrected chi connectivity index (χ0v) is 8.22. The lowest BCUT2D eigenvalue weighted by molar-refractivity contribution is -0.511. The Morgan fingerprint density at radius 2 is 2.00 bits per heavy atom. The third-order valence-electron chi connectivity index (χ3n) is 2.36. The molecule has 5 heteroatoms. The van der Waals surface area contributed by atoms with Crippen molar-refractivity contribution in [2.75, 3.05) is 19.8 Å². The lowest BCUT2D eigenvalue weighted by Gasteiger charge is -2.17. The molecule has 84 valence electrons. The van der Waals surface area contributed by atoms with E-state index in [0.29, 0.717) is 25.6 Å². The summed E-state index contributed by atoms with van der Waals surface area (Å²) in [5.41, 5.74) is 0. The minimum Gasteiger partial charge on any atom is -0.394 e. The van der Waals surface area contributed by atoms with Crippen molar-refractivity contribution in [2.45, 2.75) is 31.8 Å². The molecule has 2 N–H and O–H groups in total. The Balaban J connectivity index is 2.25. The van der Waals surface area contributed by atoms with E-state index in [-0.39, 0.29) is 6.61 Å². The molecule has 1 saturated heterocycles. The fourth-order valence-electron chi connectivity index (χ4n) is 1.59. The Morgan fingerprint density at radius 1 is 1.21 bits per heavy atom. The Hall–Kier alpha value is -0.200. The Labute approximate surface area is 83.4 Å². The molecular weight excluding hydrogens is 188 g/mol. The maximum absolute atomic E-state index is 9.29. The van der Waals surface area contributed by atoms with Crippen molar-refractivity contribution < 1.29 is 25.0 Å². The van der Waals surface area contributed by atoms with Gasteiger partial charge in [-0.1, -0.05) is 5.04 Å². The molecule has 0 bridgehead atoms. The Kier molecular flexibility index (Phi) is 6.05. The van der Waals surface area contributed by atoms with Gasteiger partial charge in [0.1, 0.15) is 0 Å². The third kappa shape index (κ3) is 4.88. The molecule has 2 atom stereocenters. The number of hydrogen-bond donors (Lipinski definition) is 2. The van der Waals surface area contributed by atoms with Crippen LogP contribution in [0.1, 0.15) is 25.7 Å². The van der Waals surface area contributed by atoms with Crippen LogP contribution in [0.3, 0.4) is 0 Å². The topological polar surface area (TPSA) is 68.2 Å². The molecule has 0 aromatic carbocycles. The van der Waals surface area contributed by atoms with Crippen molar-refractivity contribution in [1.82, 2.24) is 0 Å². The lowest BCUT2D eigenvalue weighted by atomic mass is 9.93. The molecule has 1 heterocycles. The Bertz CT molecular complexity index is 131. The minimum atomic E-state index is -0.623. The molecule has 1 rings (SSSR count). The zero-order valence-electron chi connectivity index (χ0n) is 8.22. The first-order chi connectivity index (χ1) is 6.83. The molecule has 1 aliphatic rings. The molecule has 14 heavy (non-hydrogen) atoms. The number of aliphatic hydroxyl groups is 2. The van der Waals surface area contributed by atoms with Gasteiger partial charge >= 0.3 is 0 Å². The highest BCUT2D eigenvalue weighted by atomic mass is 17.5. The summed E-state index contributed by atoms with van der Waals surface area (Å²) in [5.74, 6) is 0.363. The van der Waals surface area contributed by atoms with Crippen LogP contribution in [0.4, 0.5) is 0 Å². The fourth-order valence-corrected chi connectivity index (χ4v) is 1.59. The van der Waals surface area contributed by atoms with Crippen LogP contribution >= 0.6 is 0 Å². The molecule has 0 aromatic heterocycles. The molecule has 2 unspecified atom stereocenters. The van der Waals surface area contributed by atoms with Crippen LogP contribution in [0.15, 0.2) is 0 Å². The molecule has 0 spiro atoms. The summed E-state index contributed by atoms with van der Waals surface area (Å²) in [7, 11) is 0. The van der Waals surface area contributed by atoms with Crippen molar-refractivity contribution in [1.29, 1.82) is 0 Å². The smallest absolute Gasteiger partial charge is 0.0856 e. The summed E-state index contributed by atoms with van der Waals surface area (Å²) < 4.78 is 0. The highest BCUT2D eigenvalue weighted by molar-refractivity contribution is 4.65.